The van der Waals surface area contributed by atoms with E-state index in [1.807, 2.05) is 24.3 Å². The lowest BCUT2D eigenvalue weighted by molar-refractivity contribution is 1.11. The van der Waals surface area contributed by atoms with Crippen molar-refractivity contribution in [1.82, 2.24) is 14.1 Å². The molecule has 0 unspecified atom stereocenters. The molecule has 0 N–H and O–H groups in total. The zero-order chi connectivity index (χ0) is 33.2. The Kier molecular flexibility index (Phi) is 6.21. The topological polar surface area (TPSA) is 46.5 Å². The predicted octanol–water partition coefficient (Wildman–Crippen LogP) is 11.6. The maximum absolute atomic E-state index is 9.42. The first kappa shape index (κ1) is 28.1. The molecule has 8 aromatic carbocycles. The van der Waals surface area contributed by atoms with Crippen LogP contribution in [0.2, 0.25) is 0 Å². The van der Waals surface area contributed by atoms with E-state index in [9.17, 15) is 5.26 Å². The lowest BCUT2D eigenvalue weighted by Gasteiger charge is -2.13. The molecule has 10 rings (SSSR count). The summed E-state index contributed by atoms with van der Waals surface area (Å²) in [4.78, 5) is 5.45. The smallest absolute Gasteiger partial charge is 0.145 e. The van der Waals surface area contributed by atoms with Gasteiger partial charge >= 0.3 is 0 Å². The third-order valence-corrected chi connectivity index (χ3v) is 9.93. The third-order valence-electron chi connectivity index (χ3n) is 9.93. The van der Waals surface area contributed by atoms with Crippen molar-refractivity contribution in [1.29, 1.82) is 5.26 Å². The normalized spacial score (nSPS) is 11.6. The zero-order valence-electron chi connectivity index (χ0n) is 27.0. The van der Waals surface area contributed by atoms with Crippen molar-refractivity contribution in [3.63, 3.8) is 0 Å². The number of rotatable bonds is 4. The largest absolute Gasteiger partial charge is 0.309 e. The van der Waals surface area contributed by atoms with Crippen LogP contribution in [0.5, 0.6) is 0 Å². The summed E-state index contributed by atoms with van der Waals surface area (Å²) in [7, 11) is 0. The van der Waals surface area contributed by atoms with Crippen LogP contribution in [-0.2, 0) is 0 Å². The minimum absolute atomic E-state index is 0.648. The van der Waals surface area contributed by atoms with Crippen LogP contribution < -0.4 is 0 Å². The molecule has 0 bridgehead atoms. The Morgan fingerprint density at radius 2 is 1.02 bits per heavy atom. The second-order valence-corrected chi connectivity index (χ2v) is 12.7. The molecular weight excluding hydrogens is 609 g/mol. The summed E-state index contributed by atoms with van der Waals surface area (Å²) >= 11 is 0. The van der Waals surface area contributed by atoms with Crippen molar-refractivity contribution in [2.24, 2.45) is 0 Å². The first-order valence-electron chi connectivity index (χ1n) is 16.8. The van der Waals surface area contributed by atoms with Crippen LogP contribution in [0.25, 0.3) is 88.3 Å². The molecule has 50 heavy (non-hydrogen) atoms. The van der Waals surface area contributed by atoms with Gasteiger partial charge in [0.2, 0.25) is 0 Å². The molecule has 0 aliphatic rings. The van der Waals surface area contributed by atoms with E-state index in [4.69, 9.17) is 4.98 Å². The lowest BCUT2D eigenvalue weighted by atomic mass is 10.00. The highest BCUT2D eigenvalue weighted by Crippen LogP contribution is 2.40. The summed E-state index contributed by atoms with van der Waals surface area (Å²) in [6.45, 7) is 0. The Balaban J connectivity index is 1.21. The Hall–Kier alpha value is -6.96. The molecule has 0 saturated carbocycles. The molecule has 4 nitrogen and oxygen atoms in total. The number of benzene rings is 8. The number of fused-ring (bicyclic) bond motifs is 9. The van der Waals surface area contributed by atoms with Crippen molar-refractivity contribution in [3.8, 4) is 40.0 Å². The Morgan fingerprint density at radius 1 is 0.420 bits per heavy atom. The minimum Gasteiger partial charge on any atom is -0.309 e. The van der Waals surface area contributed by atoms with Crippen LogP contribution in [0.15, 0.2) is 170 Å². The number of hydrogen-bond donors (Lipinski definition) is 0. The maximum atomic E-state index is 9.42. The van der Waals surface area contributed by atoms with E-state index in [2.05, 4.69) is 161 Å². The zero-order valence-corrected chi connectivity index (χ0v) is 27.0. The van der Waals surface area contributed by atoms with Crippen molar-refractivity contribution in [3.05, 3.63) is 175 Å². The predicted molar refractivity (Wildman–Crippen MR) is 206 cm³/mol. The molecule has 0 aliphatic carbocycles. The summed E-state index contributed by atoms with van der Waals surface area (Å²) in [5.74, 6) is 0.905. The fourth-order valence-corrected chi connectivity index (χ4v) is 7.68. The first-order valence-corrected chi connectivity index (χ1v) is 16.8. The molecule has 0 spiro atoms. The molecule has 0 aliphatic heterocycles. The van der Waals surface area contributed by atoms with Gasteiger partial charge in [0.25, 0.3) is 0 Å². The third kappa shape index (κ3) is 4.21. The first-order chi connectivity index (χ1) is 24.8. The van der Waals surface area contributed by atoms with Crippen LogP contribution >= 0.6 is 0 Å². The van der Waals surface area contributed by atoms with E-state index < -0.39 is 0 Å². The molecule has 0 fully saturated rings. The summed E-state index contributed by atoms with van der Waals surface area (Å²) in [6, 6.07) is 61.9. The quantitative estimate of drug-likeness (QED) is 0.180. The Labute approximate surface area is 288 Å². The van der Waals surface area contributed by atoms with Crippen molar-refractivity contribution in [2.45, 2.75) is 0 Å². The van der Waals surface area contributed by atoms with Crippen LogP contribution in [0.4, 0.5) is 0 Å². The van der Waals surface area contributed by atoms with Crippen LogP contribution in [0, 0.1) is 11.3 Å². The molecule has 0 radical (unpaired) electrons. The highest BCUT2D eigenvalue weighted by Gasteiger charge is 2.20. The monoisotopic (exact) mass is 636 g/mol. The van der Waals surface area contributed by atoms with Crippen molar-refractivity contribution in [2.75, 3.05) is 0 Å². The van der Waals surface area contributed by atoms with E-state index in [-0.39, 0.29) is 0 Å². The molecule has 0 amide bonds. The van der Waals surface area contributed by atoms with Crippen molar-refractivity contribution >= 4 is 54.4 Å². The summed E-state index contributed by atoms with van der Waals surface area (Å²) in [5, 5.41) is 16.6. The molecule has 0 atom stereocenters. The van der Waals surface area contributed by atoms with Gasteiger partial charge in [-0.05, 0) is 76.5 Å². The molecule has 2 heterocycles. The highest BCUT2D eigenvalue weighted by molar-refractivity contribution is 6.24. The average molecular weight is 637 g/mol. The Morgan fingerprint density at radius 3 is 1.80 bits per heavy atom. The van der Waals surface area contributed by atoms with Crippen LogP contribution in [0.1, 0.15) is 5.56 Å². The molecule has 10 aromatic rings. The van der Waals surface area contributed by atoms with Gasteiger partial charge in [-0.15, -0.1) is 0 Å². The minimum atomic E-state index is 0.648. The number of hydrogen-bond acceptors (Lipinski definition) is 2. The van der Waals surface area contributed by atoms with Gasteiger partial charge in [0.15, 0.2) is 0 Å². The number of para-hydroxylation sites is 2. The summed E-state index contributed by atoms with van der Waals surface area (Å²) in [6.07, 6.45) is 0. The molecule has 0 saturated heterocycles. The van der Waals surface area contributed by atoms with Crippen molar-refractivity contribution < 1.29 is 0 Å². The van der Waals surface area contributed by atoms with Gasteiger partial charge in [0, 0.05) is 38.5 Å². The van der Waals surface area contributed by atoms with Gasteiger partial charge in [0.05, 0.1) is 33.7 Å². The van der Waals surface area contributed by atoms with Gasteiger partial charge in [-0.25, -0.2) is 4.98 Å². The van der Waals surface area contributed by atoms with Crippen LogP contribution in [-0.4, -0.2) is 14.1 Å². The van der Waals surface area contributed by atoms with Crippen LogP contribution in [0.3, 0.4) is 0 Å². The van der Waals surface area contributed by atoms with E-state index in [1.54, 1.807) is 0 Å². The molecule has 4 heteroatoms. The number of aromatic nitrogens is 3. The van der Waals surface area contributed by atoms with E-state index in [0.717, 1.165) is 61.3 Å². The maximum Gasteiger partial charge on any atom is 0.145 e. The van der Waals surface area contributed by atoms with Gasteiger partial charge < -0.3 is 4.57 Å². The van der Waals surface area contributed by atoms with Gasteiger partial charge in [0.1, 0.15) is 5.82 Å². The second kappa shape index (κ2) is 11.1. The second-order valence-electron chi connectivity index (χ2n) is 12.7. The average Bonchev–Trinajstić information content (AvgIpc) is 3.76. The van der Waals surface area contributed by atoms with Gasteiger partial charge in [-0.3, -0.25) is 4.57 Å². The summed E-state index contributed by atoms with van der Waals surface area (Å²) < 4.78 is 4.62. The van der Waals surface area contributed by atoms with E-state index >= 15 is 0 Å². The highest BCUT2D eigenvalue weighted by atomic mass is 15.1. The van der Waals surface area contributed by atoms with Gasteiger partial charge in [-0.2, -0.15) is 5.26 Å². The number of imidazole rings is 1. The fourth-order valence-electron chi connectivity index (χ4n) is 7.68. The fraction of sp³-hybridized carbons (Fsp3) is 0. The lowest BCUT2D eigenvalue weighted by Crippen LogP contribution is -1.98. The standard InChI is InChI=1S/C46H28N4/c47-29-30-21-24-35(25-22-30)49-42-20-9-8-17-38(42)39-26-23-32(28-43(39)49)31-11-10-12-33(27-31)46-48-44-40-18-6-4-15-36(40)37-16-5-7-19-41(37)45(44)50(46)34-13-2-1-3-14-34/h1-28H. The SMILES string of the molecule is N#Cc1ccc(-n2c3ccccc3c3ccc(-c4cccc(-c5nc6c7ccccc7c7ccccc7c6n5-c5ccccc5)c4)cc32)cc1. The van der Waals surface area contributed by atoms with Gasteiger partial charge in [-0.1, -0.05) is 115 Å². The molecular formula is C46H28N4. The summed E-state index contributed by atoms with van der Waals surface area (Å²) in [5.41, 5.74) is 10.4. The van der Waals surface area contributed by atoms with E-state index in [1.165, 1.54) is 26.9 Å². The van der Waals surface area contributed by atoms with E-state index in [0.29, 0.717) is 5.56 Å². The molecule has 232 valence electrons. The Bertz CT molecular complexity index is 2980. The number of nitrogens with zero attached hydrogens (tertiary/aromatic N) is 4. The number of nitriles is 1. The molecule has 2 aromatic heterocycles.